The van der Waals surface area contributed by atoms with Crippen LogP contribution >= 0.6 is 0 Å². The average Bonchev–Trinajstić information content (AvgIpc) is 2.41. The SMILES string of the molecule is C=CC[C@H](C1CCOCC1)[C@H](CC(=O)OC(C)(C)C)C(=O)O. The second-order valence-electron chi connectivity index (χ2n) is 6.87. The predicted octanol–water partition coefficient (Wildman–Crippen LogP) is 3.04. The Balaban J connectivity index is 2.81. The van der Waals surface area contributed by atoms with Gasteiger partial charge >= 0.3 is 11.9 Å². The van der Waals surface area contributed by atoms with Gasteiger partial charge in [-0.25, -0.2) is 0 Å². The third-order valence-corrected chi connectivity index (χ3v) is 3.95. The smallest absolute Gasteiger partial charge is 0.307 e. The highest BCUT2D eigenvalue weighted by Crippen LogP contribution is 2.34. The van der Waals surface area contributed by atoms with E-state index in [9.17, 15) is 14.7 Å². The summed E-state index contributed by atoms with van der Waals surface area (Å²) in [4.78, 5) is 23.7. The second-order valence-corrected chi connectivity index (χ2v) is 6.87. The van der Waals surface area contributed by atoms with Gasteiger partial charge in [-0.05, 0) is 51.9 Å². The fourth-order valence-electron chi connectivity index (χ4n) is 3.01. The van der Waals surface area contributed by atoms with E-state index in [1.54, 1.807) is 26.8 Å². The first-order chi connectivity index (χ1) is 10.2. The zero-order valence-electron chi connectivity index (χ0n) is 13.8. The van der Waals surface area contributed by atoms with Crippen LogP contribution < -0.4 is 0 Å². The summed E-state index contributed by atoms with van der Waals surface area (Å²) >= 11 is 0. The Kier molecular flexibility index (Phi) is 7.07. The van der Waals surface area contributed by atoms with E-state index in [0.29, 0.717) is 19.6 Å². The monoisotopic (exact) mass is 312 g/mol. The van der Waals surface area contributed by atoms with Crippen molar-refractivity contribution in [2.75, 3.05) is 13.2 Å². The van der Waals surface area contributed by atoms with Crippen molar-refractivity contribution in [3.05, 3.63) is 12.7 Å². The molecule has 126 valence electrons. The van der Waals surface area contributed by atoms with Crippen molar-refractivity contribution in [2.45, 2.75) is 52.1 Å². The van der Waals surface area contributed by atoms with Gasteiger partial charge in [-0.1, -0.05) is 6.08 Å². The number of allylic oxidation sites excluding steroid dienone is 1. The van der Waals surface area contributed by atoms with Crippen molar-refractivity contribution < 1.29 is 24.2 Å². The van der Waals surface area contributed by atoms with E-state index in [1.807, 2.05) is 0 Å². The Labute approximate surface area is 132 Å². The summed E-state index contributed by atoms with van der Waals surface area (Å²) in [7, 11) is 0. The van der Waals surface area contributed by atoms with E-state index < -0.39 is 23.5 Å². The van der Waals surface area contributed by atoms with Crippen molar-refractivity contribution in [3.8, 4) is 0 Å². The molecule has 0 aromatic carbocycles. The summed E-state index contributed by atoms with van der Waals surface area (Å²) in [5.41, 5.74) is -0.604. The number of hydrogen-bond acceptors (Lipinski definition) is 4. The molecule has 0 radical (unpaired) electrons. The summed E-state index contributed by atoms with van der Waals surface area (Å²) in [6.45, 7) is 10.4. The fourth-order valence-corrected chi connectivity index (χ4v) is 3.01. The van der Waals surface area contributed by atoms with Gasteiger partial charge in [0.15, 0.2) is 0 Å². The highest BCUT2D eigenvalue weighted by Gasteiger charge is 2.36. The summed E-state index contributed by atoms with van der Waals surface area (Å²) in [6, 6.07) is 0. The molecule has 0 bridgehead atoms. The maximum absolute atomic E-state index is 12.0. The van der Waals surface area contributed by atoms with Crippen LogP contribution in [-0.4, -0.2) is 35.9 Å². The zero-order chi connectivity index (χ0) is 16.8. The molecule has 0 amide bonds. The van der Waals surface area contributed by atoms with Gasteiger partial charge in [0.2, 0.25) is 0 Å². The van der Waals surface area contributed by atoms with Crippen LogP contribution in [0.1, 0.15) is 46.5 Å². The Bertz CT molecular complexity index is 390. The highest BCUT2D eigenvalue weighted by molar-refractivity contribution is 5.79. The Morgan fingerprint density at radius 1 is 1.36 bits per heavy atom. The summed E-state index contributed by atoms with van der Waals surface area (Å²) in [6.07, 6.45) is 3.89. The van der Waals surface area contributed by atoms with Crippen molar-refractivity contribution >= 4 is 11.9 Å². The maximum Gasteiger partial charge on any atom is 0.307 e. The van der Waals surface area contributed by atoms with Crippen molar-refractivity contribution in [1.29, 1.82) is 0 Å². The topological polar surface area (TPSA) is 72.8 Å². The van der Waals surface area contributed by atoms with Crippen LogP contribution in [0.5, 0.6) is 0 Å². The first-order valence-electron chi connectivity index (χ1n) is 7.88. The molecular weight excluding hydrogens is 284 g/mol. The highest BCUT2D eigenvalue weighted by atomic mass is 16.6. The number of ether oxygens (including phenoxy) is 2. The number of carbonyl (C=O) groups is 2. The Hall–Kier alpha value is -1.36. The number of carboxylic acid groups (broad SMARTS) is 1. The largest absolute Gasteiger partial charge is 0.481 e. The summed E-state index contributed by atoms with van der Waals surface area (Å²) < 4.78 is 10.6. The number of carboxylic acids is 1. The van der Waals surface area contributed by atoms with E-state index in [2.05, 4.69) is 6.58 Å². The molecule has 1 saturated heterocycles. The maximum atomic E-state index is 12.0. The zero-order valence-corrected chi connectivity index (χ0v) is 13.8. The van der Waals surface area contributed by atoms with Gasteiger partial charge in [0.1, 0.15) is 5.60 Å². The van der Waals surface area contributed by atoms with Gasteiger partial charge in [-0.15, -0.1) is 6.58 Å². The van der Waals surface area contributed by atoms with Crippen LogP contribution in [0, 0.1) is 17.8 Å². The predicted molar refractivity (Wildman–Crippen MR) is 83.4 cm³/mol. The van der Waals surface area contributed by atoms with Gasteiger partial charge in [0.05, 0.1) is 12.3 Å². The fraction of sp³-hybridized carbons (Fsp3) is 0.765. The van der Waals surface area contributed by atoms with Gasteiger partial charge < -0.3 is 14.6 Å². The minimum absolute atomic E-state index is 0.0948. The number of aliphatic carboxylic acids is 1. The molecule has 1 rings (SSSR count). The first kappa shape index (κ1) is 18.7. The van der Waals surface area contributed by atoms with E-state index in [1.165, 1.54) is 0 Å². The first-order valence-corrected chi connectivity index (χ1v) is 7.88. The lowest BCUT2D eigenvalue weighted by atomic mass is 9.74. The van der Waals surface area contributed by atoms with Crippen LogP contribution in [0.2, 0.25) is 0 Å². The number of carbonyl (C=O) groups excluding carboxylic acids is 1. The van der Waals surface area contributed by atoms with Crippen molar-refractivity contribution in [1.82, 2.24) is 0 Å². The lowest BCUT2D eigenvalue weighted by Gasteiger charge is -2.33. The van der Waals surface area contributed by atoms with E-state index in [4.69, 9.17) is 9.47 Å². The molecule has 1 fully saturated rings. The Morgan fingerprint density at radius 3 is 2.41 bits per heavy atom. The van der Waals surface area contributed by atoms with Crippen LogP contribution in [0.25, 0.3) is 0 Å². The van der Waals surface area contributed by atoms with Crippen molar-refractivity contribution in [3.63, 3.8) is 0 Å². The molecule has 22 heavy (non-hydrogen) atoms. The lowest BCUT2D eigenvalue weighted by molar-refractivity contribution is -0.162. The van der Waals surface area contributed by atoms with E-state index >= 15 is 0 Å². The molecule has 0 aliphatic carbocycles. The average molecular weight is 312 g/mol. The number of esters is 1. The minimum atomic E-state index is -0.941. The molecule has 1 N–H and O–H groups in total. The third-order valence-electron chi connectivity index (χ3n) is 3.95. The normalized spacial score (nSPS) is 19.2. The number of rotatable bonds is 7. The van der Waals surface area contributed by atoms with Gasteiger partial charge in [-0.2, -0.15) is 0 Å². The quantitative estimate of drug-likeness (QED) is 0.578. The molecule has 0 spiro atoms. The molecule has 5 heteroatoms. The molecule has 0 saturated carbocycles. The molecule has 0 aromatic rings. The summed E-state index contributed by atoms with van der Waals surface area (Å²) in [5.74, 6) is -2.00. The molecular formula is C17H28O5. The number of hydrogen-bond donors (Lipinski definition) is 1. The van der Waals surface area contributed by atoms with Crippen molar-refractivity contribution in [2.24, 2.45) is 17.8 Å². The lowest BCUT2D eigenvalue weighted by Crippen LogP contribution is -2.35. The van der Waals surface area contributed by atoms with Gasteiger partial charge in [-0.3, -0.25) is 9.59 Å². The minimum Gasteiger partial charge on any atom is -0.481 e. The molecule has 0 unspecified atom stereocenters. The van der Waals surface area contributed by atoms with Crippen LogP contribution in [-0.2, 0) is 19.1 Å². The molecule has 1 aliphatic rings. The van der Waals surface area contributed by atoms with Gasteiger partial charge in [0, 0.05) is 13.2 Å². The van der Waals surface area contributed by atoms with Crippen LogP contribution in [0.3, 0.4) is 0 Å². The molecule has 0 aromatic heterocycles. The Morgan fingerprint density at radius 2 is 1.95 bits per heavy atom. The second kappa shape index (κ2) is 8.32. The van der Waals surface area contributed by atoms with E-state index in [0.717, 1.165) is 12.8 Å². The molecule has 5 nitrogen and oxygen atoms in total. The third kappa shape index (κ3) is 6.18. The van der Waals surface area contributed by atoms with Gasteiger partial charge in [0.25, 0.3) is 0 Å². The molecule has 1 heterocycles. The van der Waals surface area contributed by atoms with Crippen LogP contribution in [0.4, 0.5) is 0 Å². The molecule has 2 atom stereocenters. The van der Waals surface area contributed by atoms with E-state index in [-0.39, 0.29) is 18.3 Å². The van der Waals surface area contributed by atoms with Crippen LogP contribution in [0.15, 0.2) is 12.7 Å². The standard InChI is InChI=1S/C17H28O5/c1-5-6-13(12-7-9-21-10-8-12)14(16(19)20)11-15(18)22-17(2,3)4/h5,12-14H,1,6-11H2,2-4H3,(H,19,20)/t13-,14+/m1/s1. The molecule has 1 aliphatic heterocycles. The summed E-state index contributed by atoms with van der Waals surface area (Å²) in [5, 5.41) is 9.57.